The van der Waals surface area contributed by atoms with E-state index in [2.05, 4.69) is 34.6 Å². The van der Waals surface area contributed by atoms with Gasteiger partial charge in [0, 0.05) is 12.7 Å². The summed E-state index contributed by atoms with van der Waals surface area (Å²) in [5.74, 6) is 2.46. The molecule has 3 heteroatoms. The van der Waals surface area contributed by atoms with Gasteiger partial charge in [-0.25, -0.2) is 0 Å². The van der Waals surface area contributed by atoms with Crippen LogP contribution in [-0.4, -0.2) is 26.1 Å². The van der Waals surface area contributed by atoms with Crippen molar-refractivity contribution in [3.05, 3.63) is 0 Å². The zero-order chi connectivity index (χ0) is 18.5. The van der Waals surface area contributed by atoms with Crippen LogP contribution < -0.4 is 0 Å². The third kappa shape index (κ3) is 4.52. The van der Waals surface area contributed by atoms with Gasteiger partial charge in [-0.2, -0.15) is 0 Å². The summed E-state index contributed by atoms with van der Waals surface area (Å²) in [4.78, 5) is 0. The van der Waals surface area contributed by atoms with E-state index >= 15 is 0 Å². The quantitative estimate of drug-likeness (QED) is 0.357. The van der Waals surface area contributed by atoms with E-state index in [1.165, 1.54) is 63.1 Å². The Balaban J connectivity index is 2.07. The molecule has 148 valence electrons. The summed E-state index contributed by atoms with van der Waals surface area (Å²) >= 11 is 0. The van der Waals surface area contributed by atoms with Gasteiger partial charge in [-0.05, 0) is 73.4 Å². The third-order valence-electron chi connectivity index (χ3n) is 8.22. The molecule has 0 aliphatic heterocycles. The maximum absolute atomic E-state index is 9.08. The first-order valence-corrected chi connectivity index (χ1v) is 13.8. The van der Waals surface area contributed by atoms with Crippen molar-refractivity contribution in [2.75, 3.05) is 6.61 Å². The van der Waals surface area contributed by atoms with Crippen molar-refractivity contribution in [2.45, 2.75) is 110 Å². The molecule has 0 aromatic rings. The molecule has 0 radical (unpaired) electrons. The third-order valence-corrected chi connectivity index (χ3v) is 12.9. The van der Waals surface area contributed by atoms with E-state index < -0.39 is 8.32 Å². The fourth-order valence-electron chi connectivity index (χ4n) is 6.34. The molecule has 25 heavy (non-hydrogen) atoms. The molecule has 2 rings (SSSR count). The number of hydrogen-bond acceptors (Lipinski definition) is 2. The first-order valence-electron chi connectivity index (χ1n) is 11.2. The second-order valence-corrected chi connectivity index (χ2v) is 14.0. The van der Waals surface area contributed by atoms with Gasteiger partial charge >= 0.3 is 0 Å². The number of rotatable bonds is 10. The Morgan fingerprint density at radius 1 is 1.08 bits per heavy atom. The lowest BCUT2D eigenvalue weighted by Gasteiger charge is -2.49. The summed E-state index contributed by atoms with van der Waals surface area (Å²) < 4.78 is 7.04. The standard InChI is InChI=1S/C22H44O2Si/c1-6-25(7-2,8-3)24-21-13-11-16-22(5)19(14-15-20(21)22)18(4)12-9-10-17-23/h18-21,23H,6-17H2,1-5H3. The number of unbranched alkanes of at least 4 members (excludes halogenated alkanes) is 1. The van der Waals surface area contributed by atoms with Crippen LogP contribution in [0.4, 0.5) is 0 Å². The lowest BCUT2D eigenvalue weighted by Crippen LogP contribution is -2.48. The van der Waals surface area contributed by atoms with Gasteiger partial charge in [0.25, 0.3) is 0 Å². The molecule has 2 saturated carbocycles. The van der Waals surface area contributed by atoms with Gasteiger partial charge in [-0.3, -0.25) is 0 Å². The molecule has 0 spiro atoms. The van der Waals surface area contributed by atoms with E-state index in [1.807, 2.05) is 0 Å². The number of hydrogen-bond donors (Lipinski definition) is 1. The minimum atomic E-state index is -1.50. The molecule has 2 nitrogen and oxygen atoms in total. The highest BCUT2D eigenvalue weighted by atomic mass is 28.4. The van der Waals surface area contributed by atoms with Crippen LogP contribution in [0.2, 0.25) is 18.1 Å². The summed E-state index contributed by atoms with van der Waals surface area (Å²) in [7, 11) is -1.50. The zero-order valence-electron chi connectivity index (χ0n) is 17.7. The molecular weight excluding hydrogens is 324 g/mol. The second-order valence-electron chi connectivity index (χ2n) is 9.29. The van der Waals surface area contributed by atoms with Gasteiger partial charge in [-0.1, -0.05) is 53.9 Å². The average molecular weight is 369 g/mol. The van der Waals surface area contributed by atoms with Crippen molar-refractivity contribution in [3.8, 4) is 0 Å². The van der Waals surface area contributed by atoms with Gasteiger partial charge in [0.15, 0.2) is 8.32 Å². The highest BCUT2D eigenvalue weighted by Crippen LogP contribution is 2.59. The van der Waals surface area contributed by atoms with Crippen molar-refractivity contribution in [3.63, 3.8) is 0 Å². The molecule has 5 atom stereocenters. The van der Waals surface area contributed by atoms with E-state index in [4.69, 9.17) is 9.53 Å². The maximum Gasteiger partial charge on any atom is 0.192 e. The van der Waals surface area contributed by atoms with Gasteiger partial charge in [0.2, 0.25) is 0 Å². The lowest BCUT2D eigenvalue weighted by atomic mass is 9.61. The van der Waals surface area contributed by atoms with Crippen molar-refractivity contribution in [1.29, 1.82) is 0 Å². The van der Waals surface area contributed by atoms with Crippen LogP contribution in [0.1, 0.15) is 86.0 Å². The Morgan fingerprint density at radius 3 is 2.36 bits per heavy atom. The van der Waals surface area contributed by atoms with Crippen molar-refractivity contribution in [2.24, 2.45) is 23.2 Å². The molecule has 5 unspecified atom stereocenters. The van der Waals surface area contributed by atoms with Crippen LogP contribution in [0.5, 0.6) is 0 Å². The highest BCUT2D eigenvalue weighted by Gasteiger charge is 2.53. The molecular formula is C22H44O2Si. The smallest absolute Gasteiger partial charge is 0.192 e. The van der Waals surface area contributed by atoms with E-state index in [0.29, 0.717) is 18.1 Å². The summed E-state index contributed by atoms with van der Waals surface area (Å²) in [6.07, 6.45) is 10.9. The van der Waals surface area contributed by atoms with E-state index in [1.54, 1.807) is 0 Å². The number of fused-ring (bicyclic) bond motifs is 1. The van der Waals surface area contributed by atoms with E-state index in [-0.39, 0.29) is 0 Å². The number of aliphatic hydroxyl groups is 1. The van der Waals surface area contributed by atoms with Gasteiger partial charge < -0.3 is 9.53 Å². The van der Waals surface area contributed by atoms with Crippen LogP contribution in [0.3, 0.4) is 0 Å². The minimum Gasteiger partial charge on any atom is -0.414 e. The van der Waals surface area contributed by atoms with Crippen molar-refractivity contribution in [1.82, 2.24) is 0 Å². The van der Waals surface area contributed by atoms with Crippen LogP contribution in [-0.2, 0) is 4.43 Å². The summed E-state index contributed by atoms with van der Waals surface area (Å²) in [6.45, 7) is 12.5. The predicted molar refractivity (Wildman–Crippen MR) is 110 cm³/mol. The highest BCUT2D eigenvalue weighted by molar-refractivity contribution is 6.73. The molecule has 0 amide bonds. The monoisotopic (exact) mass is 368 g/mol. The molecule has 0 bridgehead atoms. The summed E-state index contributed by atoms with van der Waals surface area (Å²) in [5.41, 5.74) is 0.497. The Kier molecular flexibility index (Phi) is 8.03. The van der Waals surface area contributed by atoms with E-state index in [0.717, 1.165) is 24.2 Å². The Hall–Kier alpha value is 0.137. The molecule has 2 aliphatic rings. The summed E-state index contributed by atoms with van der Waals surface area (Å²) in [5, 5.41) is 9.08. The molecule has 0 aromatic carbocycles. The first kappa shape index (κ1) is 21.4. The lowest BCUT2D eigenvalue weighted by molar-refractivity contribution is -0.0204. The van der Waals surface area contributed by atoms with Crippen LogP contribution in [0.15, 0.2) is 0 Å². The van der Waals surface area contributed by atoms with Crippen LogP contribution in [0.25, 0.3) is 0 Å². The minimum absolute atomic E-state index is 0.352. The Labute approximate surface area is 158 Å². The fourth-order valence-corrected chi connectivity index (χ4v) is 9.26. The van der Waals surface area contributed by atoms with Crippen molar-refractivity contribution >= 4 is 8.32 Å². The molecule has 0 aromatic heterocycles. The second kappa shape index (κ2) is 9.37. The van der Waals surface area contributed by atoms with Gasteiger partial charge in [-0.15, -0.1) is 0 Å². The Morgan fingerprint density at radius 2 is 1.76 bits per heavy atom. The van der Waals surface area contributed by atoms with Gasteiger partial charge in [0.05, 0.1) is 0 Å². The van der Waals surface area contributed by atoms with Crippen LogP contribution >= 0.6 is 0 Å². The maximum atomic E-state index is 9.08. The number of aliphatic hydroxyl groups excluding tert-OH is 1. The molecule has 2 aliphatic carbocycles. The molecule has 1 N–H and O–H groups in total. The SMILES string of the molecule is CC[Si](CC)(CC)OC1CCCC2(C)C(C(C)CCCCO)CCC12. The average Bonchev–Trinajstić information content (AvgIpc) is 2.98. The largest absolute Gasteiger partial charge is 0.414 e. The van der Waals surface area contributed by atoms with Gasteiger partial charge in [0.1, 0.15) is 0 Å². The summed E-state index contributed by atoms with van der Waals surface area (Å²) in [6, 6.07) is 3.84. The molecule has 0 saturated heterocycles. The topological polar surface area (TPSA) is 29.5 Å². The van der Waals surface area contributed by atoms with E-state index in [9.17, 15) is 0 Å². The zero-order valence-corrected chi connectivity index (χ0v) is 18.7. The fraction of sp³-hybridized carbons (Fsp3) is 1.00. The van der Waals surface area contributed by atoms with Crippen molar-refractivity contribution < 1.29 is 9.53 Å². The Bertz CT molecular complexity index is 387. The first-order chi connectivity index (χ1) is 12.0. The van der Waals surface area contributed by atoms with Crippen LogP contribution in [0, 0.1) is 23.2 Å². The molecule has 2 fully saturated rings. The molecule has 0 heterocycles. The predicted octanol–water partition coefficient (Wildman–Crippen LogP) is 6.39. The normalized spacial score (nSPS) is 34.1.